The molecule has 1 aromatic rings. The van der Waals surface area contributed by atoms with Crippen LogP contribution in [0.15, 0.2) is 17.0 Å². The topological polar surface area (TPSA) is 0 Å². The molecule has 0 radical (unpaired) electrons. The number of rotatable bonds is 0. The summed E-state index contributed by atoms with van der Waals surface area (Å²) in [5, 5.41) is 0. The van der Waals surface area contributed by atoms with Crippen LogP contribution in [0.25, 0.3) is 0 Å². The minimum Gasteiger partial charge on any atom is -0.143 e. The number of aryl methyl sites for hydroxylation is 2. The van der Waals surface area contributed by atoms with Gasteiger partial charge in [0.25, 0.3) is 0 Å². The maximum atomic E-state index is 4.45. The molecule has 0 amide bonds. The quantitative estimate of drug-likeness (QED) is 0.595. The molecule has 0 aromatic heterocycles. The van der Waals surface area contributed by atoms with E-state index in [1.165, 1.54) is 16.7 Å². The van der Waals surface area contributed by atoms with E-state index in [4.69, 9.17) is 0 Å². The lowest BCUT2D eigenvalue weighted by atomic mass is 9.83. The number of hydrogen-bond donors (Lipinski definition) is 1. The SMILES string of the molecule is Cc1cc(C)c(C(C)(C)C)cc1S. The van der Waals surface area contributed by atoms with Gasteiger partial charge >= 0.3 is 0 Å². The van der Waals surface area contributed by atoms with Crippen LogP contribution in [0, 0.1) is 13.8 Å². The van der Waals surface area contributed by atoms with Gasteiger partial charge in [-0.2, -0.15) is 0 Å². The van der Waals surface area contributed by atoms with E-state index in [2.05, 4.69) is 59.4 Å². The Morgan fingerprint density at radius 2 is 1.54 bits per heavy atom. The van der Waals surface area contributed by atoms with Crippen LogP contribution in [0.1, 0.15) is 37.5 Å². The molecule has 0 saturated carbocycles. The number of benzene rings is 1. The van der Waals surface area contributed by atoms with Crippen LogP contribution in [0.2, 0.25) is 0 Å². The number of thiol groups is 1. The van der Waals surface area contributed by atoms with Gasteiger partial charge in [-0.05, 0) is 42.0 Å². The zero-order valence-corrected chi connectivity index (χ0v) is 10.00. The summed E-state index contributed by atoms with van der Waals surface area (Å²) >= 11 is 4.45. The molecule has 0 aliphatic rings. The highest BCUT2D eigenvalue weighted by Crippen LogP contribution is 2.29. The molecule has 72 valence electrons. The second kappa shape index (κ2) is 3.38. The molecule has 1 rings (SSSR count). The molecule has 0 heterocycles. The standard InChI is InChI=1S/C12H18S/c1-8-6-9(2)11(13)7-10(8)12(3,4)5/h6-7,13H,1-5H3. The Balaban J connectivity index is 3.32. The molecule has 1 heteroatoms. The monoisotopic (exact) mass is 194 g/mol. The Kier molecular flexibility index (Phi) is 2.76. The zero-order valence-electron chi connectivity index (χ0n) is 9.10. The van der Waals surface area contributed by atoms with Crippen molar-refractivity contribution >= 4 is 12.6 Å². The van der Waals surface area contributed by atoms with Gasteiger partial charge < -0.3 is 0 Å². The average Bonchev–Trinajstić information content (AvgIpc) is 1.94. The van der Waals surface area contributed by atoms with Gasteiger partial charge in [0.05, 0.1) is 0 Å². The van der Waals surface area contributed by atoms with Crippen LogP contribution in [-0.2, 0) is 5.41 Å². The fraction of sp³-hybridized carbons (Fsp3) is 0.500. The summed E-state index contributed by atoms with van der Waals surface area (Å²) in [6.07, 6.45) is 0. The van der Waals surface area contributed by atoms with Crippen molar-refractivity contribution in [3.8, 4) is 0 Å². The largest absolute Gasteiger partial charge is 0.143 e. The van der Waals surface area contributed by atoms with E-state index in [0.29, 0.717) is 0 Å². The van der Waals surface area contributed by atoms with Gasteiger partial charge in [-0.1, -0.05) is 26.8 Å². The van der Waals surface area contributed by atoms with E-state index >= 15 is 0 Å². The first-order chi connectivity index (χ1) is 5.82. The van der Waals surface area contributed by atoms with Crippen LogP contribution >= 0.6 is 12.6 Å². The Morgan fingerprint density at radius 1 is 1.00 bits per heavy atom. The van der Waals surface area contributed by atoms with Gasteiger partial charge in [-0.15, -0.1) is 12.6 Å². The molecule has 0 aliphatic heterocycles. The first kappa shape index (κ1) is 10.6. The minimum atomic E-state index is 0.218. The summed E-state index contributed by atoms with van der Waals surface area (Å²) in [6.45, 7) is 11.0. The molecular formula is C12H18S. The molecule has 0 nitrogen and oxygen atoms in total. The van der Waals surface area contributed by atoms with E-state index in [0.717, 1.165) is 4.90 Å². The second-order valence-electron chi connectivity index (χ2n) is 4.70. The van der Waals surface area contributed by atoms with Gasteiger partial charge in [0.15, 0.2) is 0 Å². The van der Waals surface area contributed by atoms with E-state index < -0.39 is 0 Å². The summed E-state index contributed by atoms with van der Waals surface area (Å²) in [4.78, 5) is 1.09. The van der Waals surface area contributed by atoms with Gasteiger partial charge in [0.1, 0.15) is 0 Å². The van der Waals surface area contributed by atoms with Crippen LogP contribution in [0.5, 0.6) is 0 Å². The molecular weight excluding hydrogens is 176 g/mol. The van der Waals surface area contributed by atoms with Gasteiger partial charge in [0, 0.05) is 4.90 Å². The fourth-order valence-corrected chi connectivity index (χ4v) is 1.84. The molecule has 0 aliphatic carbocycles. The van der Waals surface area contributed by atoms with Gasteiger partial charge in [-0.3, -0.25) is 0 Å². The molecule has 0 fully saturated rings. The van der Waals surface area contributed by atoms with E-state index in [9.17, 15) is 0 Å². The molecule has 0 spiro atoms. The Bertz CT molecular complexity index is 319. The summed E-state index contributed by atoms with van der Waals surface area (Å²) in [5.74, 6) is 0. The van der Waals surface area contributed by atoms with Crippen molar-refractivity contribution in [1.29, 1.82) is 0 Å². The molecule has 0 saturated heterocycles. The zero-order chi connectivity index (χ0) is 10.2. The average molecular weight is 194 g/mol. The maximum Gasteiger partial charge on any atom is 0.00723 e. The van der Waals surface area contributed by atoms with Crippen molar-refractivity contribution < 1.29 is 0 Å². The normalized spacial score (nSPS) is 11.8. The van der Waals surface area contributed by atoms with Crippen molar-refractivity contribution in [2.24, 2.45) is 0 Å². The first-order valence-corrected chi connectivity index (χ1v) is 5.08. The van der Waals surface area contributed by atoms with Crippen molar-refractivity contribution in [3.05, 3.63) is 28.8 Å². The molecule has 0 atom stereocenters. The molecule has 1 aromatic carbocycles. The van der Waals surface area contributed by atoms with Crippen LogP contribution in [0.4, 0.5) is 0 Å². The Labute approximate surface area is 86.8 Å². The lowest BCUT2D eigenvalue weighted by Crippen LogP contribution is -2.13. The third-order valence-corrected chi connectivity index (χ3v) is 2.83. The van der Waals surface area contributed by atoms with Crippen LogP contribution in [-0.4, -0.2) is 0 Å². The lowest BCUT2D eigenvalue weighted by Gasteiger charge is -2.22. The van der Waals surface area contributed by atoms with Crippen LogP contribution in [0.3, 0.4) is 0 Å². The second-order valence-corrected chi connectivity index (χ2v) is 5.19. The fourth-order valence-electron chi connectivity index (χ4n) is 1.65. The summed E-state index contributed by atoms with van der Waals surface area (Å²) in [6, 6.07) is 4.40. The van der Waals surface area contributed by atoms with Gasteiger partial charge in [-0.25, -0.2) is 0 Å². The summed E-state index contributed by atoms with van der Waals surface area (Å²) in [5.41, 5.74) is 4.23. The highest BCUT2D eigenvalue weighted by atomic mass is 32.1. The predicted molar refractivity (Wildman–Crippen MR) is 61.9 cm³/mol. The maximum absolute atomic E-state index is 4.45. The molecule has 0 bridgehead atoms. The van der Waals surface area contributed by atoms with E-state index in [1.54, 1.807) is 0 Å². The molecule has 13 heavy (non-hydrogen) atoms. The van der Waals surface area contributed by atoms with Gasteiger partial charge in [0.2, 0.25) is 0 Å². The highest BCUT2D eigenvalue weighted by Gasteiger charge is 2.16. The predicted octanol–water partition coefficient (Wildman–Crippen LogP) is 3.89. The third-order valence-electron chi connectivity index (χ3n) is 2.35. The smallest absolute Gasteiger partial charge is 0.00723 e. The third kappa shape index (κ3) is 2.28. The van der Waals surface area contributed by atoms with Crippen molar-refractivity contribution in [3.63, 3.8) is 0 Å². The number of hydrogen-bond acceptors (Lipinski definition) is 1. The first-order valence-electron chi connectivity index (χ1n) is 4.63. The van der Waals surface area contributed by atoms with Crippen molar-refractivity contribution in [1.82, 2.24) is 0 Å². The minimum absolute atomic E-state index is 0.218. The van der Waals surface area contributed by atoms with E-state index in [1.807, 2.05) is 0 Å². The Morgan fingerprint density at radius 3 is 2.00 bits per heavy atom. The summed E-state index contributed by atoms with van der Waals surface area (Å²) < 4.78 is 0. The lowest BCUT2D eigenvalue weighted by molar-refractivity contribution is 0.584. The highest BCUT2D eigenvalue weighted by molar-refractivity contribution is 7.80. The molecule has 0 N–H and O–H groups in total. The van der Waals surface area contributed by atoms with Crippen molar-refractivity contribution in [2.75, 3.05) is 0 Å². The van der Waals surface area contributed by atoms with Crippen molar-refractivity contribution in [2.45, 2.75) is 44.9 Å². The summed E-state index contributed by atoms with van der Waals surface area (Å²) in [7, 11) is 0. The Hall–Kier alpha value is -0.430. The van der Waals surface area contributed by atoms with Crippen LogP contribution < -0.4 is 0 Å². The van der Waals surface area contributed by atoms with E-state index in [-0.39, 0.29) is 5.41 Å². The molecule has 0 unspecified atom stereocenters.